The molecule has 1 atom stereocenters. The van der Waals surface area contributed by atoms with E-state index in [0.29, 0.717) is 4.59 Å². The number of rotatable bonds is 3. The molecule has 0 N–H and O–H groups in total. The second-order valence-corrected chi connectivity index (χ2v) is 3.58. The van der Waals surface area contributed by atoms with Gasteiger partial charge in [0.1, 0.15) is 20.1 Å². The SMILES string of the molecule is CCC=[N+]1[CH-]C[N+](C)(CCC)N=N1. The number of nitrogens with zero attached hydrogens (tertiary/aromatic N) is 4. The second-order valence-electron chi connectivity index (χ2n) is 3.58. The van der Waals surface area contributed by atoms with Gasteiger partial charge in [0.2, 0.25) is 0 Å². The topological polar surface area (TPSA) is 27.7 Å². The largest absolute Gasteiger partial charge is 0.265 e. The summed E-state index contributed by atoms with van der Waals surface area (Å²) in [6, 6.07) is 0. The van der Waals surface area contributed by atoms with Gasteiger partial charge in [-0.15, -0.1) is 4.59 Å². The molecule has 1 heterocycles. The van der Waals surface area contributed by atoms with E-state index >= 15 is 0 Å². The lowest BCUT2D eigenvalue weighted by Crippen LogP contribution is -2.43. The van der Waals surface area contributed by atoms with Crippen LogP contribution in [-0.2, 0) is 0 Å². The lowest BCUT2D eigenvalue weighted by atomic mass is 10.4. The molecule has 0 amide bonds. The Labute approximate surface area is 80.1 Å². The van der Waals surface area contributed by atoms with Gasteiger partial charge in [-0.05, 0) is 12.6 Å². The minimum atomic E-state index is 0.685. The van der Waals surface area contributed by atoms with E-state index in [9.17, 15) is 0 Å². The van der Waals surface area contributed by atoms with Crippen LogP contribution in [0.15, 0.2) is 10.4 Å². The first-order valence-corrected chi connectivity index (χ1v) is 4.93. The van der Waals surface area contributed by atoms with Crippen LogP contribution in [0, 0.1) is 6.54 Å². The van der Waals surface area contributed by atoms with Gasteiger partial charge in [0.15, 0.2) is 5.22 Å². The first kappa shape index (κ1) is 10.2. The molecule has 1 rings (SSSR count). The van der Waals surface area contributed by atoms with Gasteiger partial charge in [-0.1, -0.05) is 20.3 Å². The predicted octanol–water partition coefficient (Wildman–Crippen LogP) is 1.79. The summed E-state index contributed by atoms with van der Waals surface area (Å²) in [6.45, 7) is 8.35. The van der Waals surface area contributed by atoms with Crippen molar-refractivity contribution in [2.75, 3.05) is 20.1 Å². The standard InChI is InChI=1S/C9H19N4/c1-4-6-12-7-9-13(3,8-5-2)11-10-12/h6-7H,4-5,8-9H2,1-3H3/q+1. The molecule has 0 spiro atoms. The van der Waals surface area contributed by atoms with Crippen LogP contribution in [0.1, 0.15) is 26.7 Å². The molecule has 0 bridgehead atoms. The van der Waals surface area contributed by atoms with E-state index in [1.807, 2.05) is 10.9 Å². The molecule has 74 valence electrons. The van der Waals surface area contributed by atoms with E-state index in [4.69, 9.17) is 0 Å². The maximum Gasteiger partial charge on any atom is 0.265 e. The molecule has 4 heteroatoms. The molecule has 0 aromatic rings. The Morgan fingerprint density at radius 1 is 1.54 bits per heavy atom. The molecule has 1 unspecified atom stereocenters. The third-order valence-electron chi connectivity index (χ3n) is 2.10. The van der Waals surface area contributed by atoms with Crippen LogP contribution in [0.3, 0.4) is 0 Å². The number of likely N-dealkylation sites (N-methyl/N-ethyl adjacent to an activating group) is 1. The van der Waals surface area contributed by atoms with Gasteiger partial charge in [-0.3, -0.25) is 4.68 Å². The van der Waals surface area contributed by atoms with Crippen molar-refractivity contribution < 1.29 is 9.28 Å². The second kappa shape index (κ2) is 4.37. The summed E-state index contributed by atoms with van der Waals surface area (Å²) in [4.78, 5) is 0. The van der Waals surface area contributed by atoms with Gasteiger partial charge in [0.25, 0.3) is 5.22 Å². The first-order chi connectivity index (χ1) is 6.20. The molecule has 0 fully saturated rings. The zero-order chi connectivity index (χ0) is 9.73. The maximum absolute atomic E-state index is 4.28. The monoisotopic (exact) mass is 183 g/mol. The molecule has 1 aliphatic rings. The minimum absolute atomic E-state index is 0.685. The Hall–Kier alpha value is -0.900. The van der Waals surface area contributed by atoms with Gasteiger partial charge >= 0.3 is 0 Å². The highest BCUT2D eigenvalue weighted by molar-refractivity contribution is 5.50. The Morgan fingerprint density at radius 2 is 2.31 bits per heavy atom. The van der Waals surface area contributed by atoms with Crippen molar-refractivity contribution in [3.05, 3.63) is 6.54 Å². The molecule has 4 nitrogen and oxygen atoms in total. The lowest BCUT2D eigenvalue weighted by Gasteiger charge is -2.24. The predicted molar refractivity (Wildman–Crippen MR) is 52.0 cm³/mol. The summed E-state index contributed by atoms with van der Waals surface area (Å²) in [5.41, 5.74) is 0. The summed E-state index contributed by atoms with van der Waals surface area (Å²) >= 11 is 0. The number of hydrogen-bond donors (Lipinski definition) is 0. The Bertz CT molecular complexity index is 222. The van der Waals surface area contributed by atoms with Crippen LogP contribution in [0.4, 0.5) is 0 Å². The van der Waals surface area contributed by atoms with Crippen molar-refractivity contribution in [2.24, 2.45) is 10.4 Å². The third-order valence-corrected chi connectivity index (χ3v) is 2.10. The van der Waals surface area contributed by atoms with Crippen LogP contribution in [0.2, 0.25) is 0 Å². The van der Waals surface area contributed by atoms with Crippen molar-refractivity contribution in [1.82, 2.24) is 0 Å². The minimum Gasteiger partial charge on any atom is -0.261 e. The highest BCUT2D eigenvalue weighted by atomic mass is 15.8. The fourth-order valence-corrected chi connectivity index (χ4v) is 1.39. The zero-order valence-electron chi connectivity index (χ0n) is 8.77. The van der Waals surface area contributed by atoms with Gasteiger partial charge in [0, 0.05) is 6.54 Å². The number of quaternary nitrogens is 1. The van der Waals surface area contributed by atoms with Crippen LogP contribution in [-0.4, -0.2) is 35.6 Å². The van der Waals surface area contributed by atoms with Crippen LogP contribution in [0.25, 0.3) is 0 Å². The van der Waals surface area contributed by atoms with Gasteiger partial charge in [0.05, 0.1) is 0 Å². The van der Waals surface area contributed by atoms with Crippen molar-refractivity contribution in [2.45, 2.75) is 26.7 Å². The van der Waals surface area contributed by atoms with Gasteiger partial charge in [-0.2, -0.15) is 0 Å². The lowest BCUT2D eigenvalue weighted by molar-refractivity contribution is -0.939. The molecular formula is C9H19N4+. The molecule has 0 radical (unpaired) electrons. The first-order valence-electron chi connectivity index (χ1n) is 4.93. The average molecular weight is 183 g/mol. The fraction of sp³-hybridized carbons (Fsp3) is 0.778. The highest BCUT2D eigenvalue weighted by Gasteiger charge is 2.29. The summed E-state index contributed by atoms with van der Waals surface area (Å²) in [5.74, 6) is 0. The maximum atomic E-state index is 4.28. The van der Waals surface area contributed by atoms with Crippen molar-refractivity contribution in [3.8, 4) is 0 Å². The average Bonchev–Trinajstić information content (AvgIpc) is 2.10. The molecule has 0 aliphatic carbocycles. The van der Waals surface area contributed by atoms with Crippen molar-refractivity contribution >= 4 is 6.21 Å². The Morgan fingerprint density at radius 3 is 2.77 bits per heavy atom. The normalized spacial score (nSPS) is 30.5. The molecule has 0 saturated heterocycles. The van der Waals surface area contributed by atoms with Crippen molar-refractivity contribution in [1.29, 1.82) is 0 Å². The van der Waals surface area contributed by atoms with Crippen LogP contribution >= 0.6 is 0 Å². The molecule has 1 aliphatic heterocycles. The summed E-state index contributed by atoms with van der Waals surface area (Å²) < 4.78 is 2.50. The van der Waals surface area contributed by atoms with E-state index in [1.54, 1.807) is 0 Å². The Kier molecular flexibility index (Phi) is 3.42. The van der Waals surface area contributed by atoms with Crippen molar-refractivity contribution in [3.63, 3.8) is 0 Å². The van der Waals surface area contributed by atoms with Crippen LogP contribution in [0.5, 0.6) is 0 Å². The van der Waals surface area contributed by atoms with Gasteiger partial charge < -0.3 is 0 Å². The summed E-state index contributed by atoms with van der Waals surface area (Å²) in [7, 11) is 2.10. The van der Waals surface area contributed by atoms with E-state index < -0.39 is 0 Å². The van der Waals surface area contributed by atoms with E-state index in [-0.39, 0.29) is 0 Å². The summed E-state index contributed by atoms with van der Waals surface area (Å²) in [5, 5.41) is 8.39. The molecule has 0 aromatic carbocycles. The summed E-state index contributed by atoms with van der Waals surface area (Å²) in [6.07, 6.45) is 4.16. The third kappa shape index (κ3) is 2.81. The number of hydrogen-bond acceptors (Lipinski definition) is 2. The molecular weight excluding hydrogens is 164 g/mol. The van der Waals surface area contributed by atoms with E-state index in [0.717, 1.165) is 25.9 Å². The Balaban J connectivity index is 2.60. The highest BCUT2D eigenvalue weighted by Crippen LogP contribution is 2.12. The van der Waals surface area contributed by atoms with E-state index in [1.165, 1.54) is 0 Å². The smallest absolute Gasteiger partial charge is 0.261 e. The fourth-order valence-electron chi connectivity index (χ4n) is 1.39. The van der Waals surface area contributed by atoms with E-state index in [2.05, 4.69) is 37.9 Å². The quantitative estimate of drug-likeness (QED) is 0.362. The zero-order valence-corrected chi connectivity index (χ0v) is 8.77. The molecule has 13 heavy (non-hydrogen) atoms. The van der Waals surface area contributed by atoms with Crippen LogP contribution < -0.4 is 0 Å². The van der Waals surface area contributed by atoms with Gasteiger partial charge in [-0.25, -0.2) is 0 Å². The molecule has 0 aromatic heterocycles. The molecule has 0 saturated carbocycles.